The Morgan fingerprint density at radius 2 is 1.52 bits per heavy atom. The second kappa shape index (κ2) is 15.3. The second-order valence-electron chi connectivity index (χ2n) is 8.64. The van der Waals surface area contributed by atoms with Gasteiger partial charge in [0, 0.05) is 52.6 Å². The van der Waals surface area contributed by atoms with Crippen LogP contribution in [-0.2, 0) is 35.1 Å². The Morgan fingerprint density at radius 3 is 2.12 bits per heavy atom. The Balaban J connectivity index is 2.35. The number of hydrogen-bond acceptors (Lipinski definition) is 6. The fraction of sp³-hybridized carbons (Fsp3) is 0.600. The molecule has 33 heavy (non-hydrogen) atoms. The lowest BCUT2D eigenvalue weighted by Gasteiger charge is -2.21. The molecule has 0 radical (unpaired) electrons. The van der Waals surface area contributed by atoms with E-state index in [0.29, 0.717) is 38.0 Å². The molecule has 0 saturated carbocycles. The Kier molecular flexibility index (Phi) is 13.2. The smallest absolute Gasteiger partial charge is 0.236 e. The molecule has 0 fully saturated rings. The van der Waals surface area contributed by atoms with Crippen LogP contribution in [0.1, 0.15) is 45.6 Å². The third kappa shape index (κ3) is 12.3. The first-order valence-electron chi connectivity index (χ1n) is 11.4. The Morgan fingerprint density at radius 1 is 0.879 bits per heavy atom. The molecule has 0 aliphatic rings. The summed E-state index contributed by atoms with van der Waals surface area (Å²) in [4.78, 5) is 50.6. The Bertz CT molecular complexity index is 776. The van der Waals surface area contributed by atoms with Gasteiger partial charge in [-0.15, -0.1) is 0 Å². The molecule has 0 unspecified atom stereocenters. The van der Waals surface area contributed by atoms with Crippen LogP contribution in [0.5, 0.6) is 0 Å². The average molecular weight is 463 g/mol. The fourth-order valence-electron chi connectivity index (χ4n) is 2.94. The van der Waals surface area contributed by atoms with Gasteiger partial charge in [0.2, 0.25) is 11.8 Å². The highest BCUT2D eigenvalue weighted by Crippen LogP contribution is 2.16. The van der Waals surface area contributed by atoms with Gasteiger partial charge < -0.3 is 19.3 Å². The van der Waals surface area contributed by atoms with Gasteiger partial charge in [0.05, 0.1) is 13.0 Å². The van der Waals surface area contributed by atoms with Gasteiger partial charge in [-0.25, -0.2) is 0 Å². The van der Waals surface area contributed by atoms with Crippen LogP contribution in [0, 0.1) is 5.92 Å². The van der Waals surface area contributed by atoms with E-state index in [2.05, 4.69) is 13.8 Å². The van der Waals surface area contributed by atoms with Gasteiger partial charge in [-0.1, -0.05) is 26.0 Å². The summed E-state index contributed by atoms with van der Waals surface area (Å²) < 4.78 is 11.0. The summed E-state index contributed by atoms with van der Waals surface area (Å²) >= 11 is 0. The molecule has 1 aromatic carbocycles. The zero-order valence-electron chi connectivity index (χ0n) is 20.6. The second-order valence-corrected chi connectivity index (χ2v) is 8.64. The summed E-state index contributed by atoms with van der Waals surface area (Å²) in [7, 11) is 3.26. The minimum absolute atomic E-state index is 0.0759. The lowest BCUT2D eigenvalue weighted by Crippen LogP contribution is -2.36. The van der Waals surface area contributed by atoms with Crippen molar-refractivity contribution in [2.75, 3.05) is 52.0 Å². The maximum Gasteiger partial charge on any atom is 0.236 e. The van der Waals surface area contributed by atoms with Gasteiger partial charge in [-0.2, -0.15) is 0 Å². The molecule has 8 nitrogen and oxygen atoms in total. The lowest BCUT2D eigenvalue weighted by atomic mass is 10.1. The first kappa shape index (κ1) is 28.5. The molecular formula is C25H38N2O6. The molecule has 8 heteroatoms. The van der Waals surface area contributed by atoms with Crippen molar-refractivity contribution in [1.29, 1.82) is 0 Å². The van der Waals surface area contributed by atoms with Gasteiger partial charge in [0.1, 0.15) is 18.0 Å². The van der Waals surface area contributed by atoms with Gasteiger partial charge in [0.25, 0.3) is 0 Å². The monoisotopic (exact) mass is 462 g/mol. The first-order chi connectivity index (χ1) is 15.6. The van der Waals surface area contributed by atoms with Crippen molar-refractivity contribution in [3.8, 4) is 0 Å². The molecule has 1 aromatic rings. The Hall–Kier alpha value is -2.58. The van der Waals surface area contributed by atoms with Crippen LogP contribution < -0.4 is 4.90 Å². The topological polar surface area (TPSA) is 93.2 Å². The maximum atomic E-state index is 12.5. The number of likely N-dealkylation sites (N-methyl/N-ethyl adjacent to an activating group) is 1. The standard InChI is InChI=1S/C25H38N2O6/c1-19(2)18-33-13-6-12-32-14-11-26(4)24(30)17-25(31)27(5)22-9-7-21(8-10-22)16-23(29)15-20(3)28/h7-10,19H,6,11-18H2,1-5H3. The Labute approximate surface area is 197 Å². The molecule has 1 rings (SSSR count). The number of rotatable bonds is 16. The van der Waals surface area contributed by atoms with Crippen LogP contribution in [-0.4, -0.2) is 75.3 Å². The first-order valence-corrected chi connectivity index (χ1v) is 11.4. The van der Waals surface area contributed by atoms with Crippen molar-refractivity contribution in [1.82, 2.24) is 4.90 Å². The minimum Gasteiger partial charge on any atom is -0.381 e. The summed E-state index contributed by atoms with van der Waals surface area (Å²) in [6.07, 6.45) is 0.660. The molecule has 0 heterocycles. The van der Waals surface area contributed by atoms with Crippen molar-refractivity contribution >= 4 is 29.1 Å². The molecule has 0 aromatic heterocycles. The van der Waals surface area contributed by atoms with E-state index >= 15 is 0 Å². The molecular weight excluding hydrogens is 424 g/mol. The maximum absolute atomic E-state index is 12.5. The highest BCUT2D eigenvalue weighted by Gasteiger charge is 2.18. The molecule has 0 saturated heterocycles. The van der Waals surface area contributed by atoms with E-state index in [1.165, 1.54) is 16.7 Å². The van der Waals surface area contributed by atoms with Crippen LogP contribution >= 0.6 is 0 Å². The largest absolute Gasteiger partial charge is 0.381 e. The van der Waals surface area contributed by atoms with Gasteiger partial charge >= 0.3 is 0 Å². The van der Waals surface area contributed by atoms with E-state index in [0.717, 1.165) is 18.6 Å². The highest BCUT2D eigenvalue weighted by molar-refractivity contribution is 6.04. The molecule has 0 atom stereocenters. The molecule has 0 N–H and O–H groups in total. The van der Waals surface area contributed by atoms with E-state index in [-0.39, 0.29) is 42.6 Å². The summed E-state index contributed by atoms with van der Waals surface area (Å²) in [5.74, 6) is -0.384. The summed E-state index contributed by atoms with van der Waals surface area (Å²) in [5.41, 5.74) is 1.40. The van der Waals surface area contributed by atoms with Crippen LogP contribution in [0.4, 0.5) is 5.69 Å². The summed E-state index contributed by atoms with van der Waals surface area (Å²) in [6.45, 7) is 8.37. The average Bonchev–Trinajstić information content (AvgIpc) is 2.74. The lowest BCUT2D eigenvalue weighted by molar-refractivity contribution is -0.135. The number of ketones is 2. The van der Waals surface area contributed by atoms with Crippen molar-refractivity contribution < 1.29 is 28.7 Å². The number of Topliss-reactive ketones (excluding diaryl/α,β-unsaturated/α-hetero) is 2. The molecule has 2 amide bonds. The third-order valence-electron chi connectivity index (χ3n) is 4.87. The summed E-state index contributed by atoms with van der Waals surface area (Å²) in [5, 5.41) is 0. The number of anilines is 1. The van der Waals surface area contributed by atoms with E-state index in [1.54, 1.807) is 38.4 Å². The molecule has 184 valence electrons. The molecule has 0 aliphatic carbocycles. The third-order valence-corrected chi connectivity index (χ3v) is 4.87. The zero-order chi connectivity index (χ0) is 24.8. The van der Waals surface area contributed by atoms with Crippen molar-refractivity contribution in [2.45, 2.75) is 46.5 Å². The molecule has 0 aliphatic heterocycles. The van der Waals surface area contributed by atoms with Crippen LogP contribution in [0.15, 0.2) is 24.3 Å². The minimum atomic E-state index is -0.324. The predicted octanol–water partition coefficient (Wildman–Crippen LogP) is 2.67. The van der Waals surface area contributed by atoms with Crippen molar-refractivity contribution in [3.63, 3.8) is 0 Å². The quantitative estimate of drug-likeness (QED) is 0.277. The van der Waals surface area contributed by atoms with E-state index in [1.807, 2.05) is 0 Å². The van der Waals surface area contributed by atoms with E-state index < -0.39 is 0 Å². The van der Waals surface area contributed by atoms with Crippen LogP contribution in [0.25, 0.3) is 0 Å². The van der Waals surface area contributed by atoms with Crippen molar-refractivity contribution in [3.05, 3.63) is 29.8 Å². The van der Waals surface area contributed by atoms with E-state index in [4.69, 9.17) is 9.47 Å². The molecule has 0 bridgehead atoms. The van der Waals surface area contributed by atoms with Crippen LogP contribution in [0.3, 0.4) is 0 Å². The number of ether oxygens (including phenoxy) is 2. The number of nitrogens with zero attached hydrogens (tertiary/aromatic N) is 2. The fourth-order valence-corrected chi connectivity index (χ4v) is 2.94. The number of hydrogen-bond donors (Lipinski definition) is 0. The van der Waals surface area contributed by atoms with Gasteiger partial charge in [-0.05, 0) is 37.0 Å². The predicted molar refractivity (Wildman–Crippen MR) is 127 cm³/mol. The molecule has 0 spiro atoms. The van der Waals surface area contributed by atoms with Crippen LogP contribution in [0.2, 0.25) is 0 Å². The number of benzene rings is 1. The van der Waals surface area contributed by atoms with E-state index in [9.17, 15) is 19.2 Å². The SMILES string of the molecule is CC(=O)CC(=O)Cc1ccc(N(C)C(=O)CC(=O)N(C)CCOCCCOCC(C)C)cc1. The highest BCUT2D eigenvalue weighted by atomic mass is 16.5. The number of carbonyl (C=O) groups excluding carboxylic acids is 4. The zero-order valence-corrected chi connectivity index (χ0v) is 20.6. The van der Waals surface area contributed by atoms with Crippen molar-refractivity contribution in [2.24, 2.45) is 5.92 Å². The summed E-state index contributed by atoms with van der Waals surface area (Å²) in [6, 6.07) is 6.94. The van der Waals surface area contributed by atoms with Gasteiger partial charge in [-0.3, -0.25) is 19.2 Å². The van der Waals surface area contributed by atoms with Gasteiger partial charge in [0.15, 0.2) is 0 Å². The number of carbonyl (C=O) groups is 4. The normalized spacial score (nSPS) is 10.8. The number of amides is 2.